The van der Waals surface area contributed by atoms with Crippen molar-refractivity contribution < 1.29 is 19.1 Å². The molecule has 0 bridgehead atoms. The van der Waals surface area contributed by atoms with Crippen molar-refractivity contribution in [3.05, 3.63) is 58.4 Å². The van der Waals surface area contributed by atoms with Crippen LogP contribution < -0.4 is 4.74 Å². The van der Waals surface area contributed by atoms with Crippen LogP contribution in [-0.4, -0.2) is 42.5 Å². The fourth-order valence-electron chi connectivity index (χ4n) is 3.11. The number of hydrogen-bond donors (Lipinski definition) is 0. The highest BCUT2D eigenvalue weighted by Crippen LogP contribution is 2.26. The van der Waals surface area contributed by atoms with Gasteiger partial charge in [0, 0.05) is 25.5 Å². The number of esters is 1. The number of ether oxygens (including phenoxy) is 2. The molecule has 1 aliphatic rings. The standard InChI is InChI=1S/C19H20N2O4/c1-12-4-5-17(24-2)15(8-12)18(22)21-7-6-14-13(11-21)9-20-10-16(14)19(23)25-3/h4-5,8-10H,6-7,11H2,1-3H3. The van der Waals surface area contributed by atoms with Crippen molar-refractivity contribution in [2.75, 3.05) is 20.8 Å². The highest BCUT2D eigenvalue weighted by atomic mass is 16.5. The molecule has 0 spiro atoms. The first-order valence-corrected chi connectivity index (χ1v) is 8.03. The molecule has 1 aromatic heterocycles. The van der Waals surface area contributed by atoms with Gasteiger partial charge in [-0.15, -0.1) is 0 Å². The fourth-order valence-corrected chi connectivity index (χ4v) is 3.11. The lowest BCUT2D eigenvalue weighted by molar-refractivity contribution is 0.0598. The molecule has 0 unspecified atom stereocenters. The van der Waals surface area contributed by atoms with E-state index in [1.807, 2.05) is 19.1 Å². The molecule has 0 saturated carbocycles. The summed E-state index contributed by atoms with van der Waals surface area (Å²) in [6.45, 7) is 2.87. The Balaban J connectivity index is 1.90. The van der Waals surface area contributed by atoms with E-state index in [0.29, 0.717) is 36.4 Å². The van der Waals surface area contributed by atoms with E-state index in [-0.39, 0.29) is 5.91 Å². The number of carbonyl (C=O) groups is 2. The number of carbonyl (C=O) groups excluding carboxylic acids is 2. The van der Waals surface area contributed by atoms with Crippen molar-refractivity contribution in [1.82, 2.24) is 9.88 Å². The number of amides is 1. The van der Waals surface area contributed by atoms with Crippen molar-refractivity contribution in [3.8, 4) is 5.75 Å². The highest BCUT2D eigenvalue weighted by molar-refractivity contribution is 5.97. The number of benzene rings is 1. The number of rotatable bonds is 3. The predicted octanol–water partition coefficient (Wildman–Crippen LogP) is 2.38. The Hall–Kier alpha value is -2.89. The minimum atomic E-state index is -0.399. The van der Waals surface area contributed by atoms with Gasteiger partial charge in [-0.05, 0) is 36.6 Å². The van der Waals surface area contributed by atoms with E-state index < -0.39 is 5.97 Å². The van der Waals surface area contributed by atoms with Gasteiger partial charge in [0.15, 0.2) is 0 Å². The lowest BCUT2D eigenvalue weighted by atomic mass is 9.96. The maximum absolute atomic E-state index is 13.0. The molecule has 1 amide bonds. The zero-order valence-electron chi connectivity index (χ0n) is 14.5. The van der Waals surface area contributed by atoms with Crippen molar-refractivity contribution in [1.29, 1.82) is 0 Å². The molecule has 6 heteroatoms. The summed E-state index contributed by atoms with van der Waals surface area (Å²) in [6, 6.07) is 5.55. The Bertz CT molecular complexity index is 832. The van der Waals surface area contributed by atoms with Gasteiger partial charge in [-0.2, -0.15) is 0 Å². The van der Waals surface area contributed by atoms with Gasteiger partial charge in [-0.3, -0.25) is 9.78 Å². The summed E-state index contributed by atoms with van der Waals surface area (Å²) in [5, 5.41) is 0. The topological polar surface area (TPSA) is 68.7 Å². The second kappa shape index (κ2) is 6.93. The van der Waals surface area contributed by atoms with Gasteiger partial charge in [0.1, 0.15) is 5.75 Å². The van der Waals surface area contributed by atoms with E-state index in [1.165, 1.54) is 13.3 Å². The van der Waals surface area contributed by atoms with Gasteiger partial charge in [0.25, 0.3) is 5.91 Å². The number of fused-ring (bicyclic) bond motifs is 1. The second-order valence-corrected chi connectivity index (χ2v) is 6.00. The molecule has 130 valence electrons. The SMILES string of the molecule is COC(=O)c1cncc2c1CCN(C(=O)c1cc(C)ccc1OC)C2. The Kier molecular flexibility index (Phi) is 4.70. The zero-order chi connectivity index (χ0) is 18.0. The molecule has 3 rings (SSSR count). The number of aromatic nitrogens is 1. The Morgan fingerprint density at radius 1 is 1.16 bits per heavy atom. The van der Waals surface area contributed by atoms with E-state index in [9.17, 15) is 9.59 Å². The molecular weight excluding hydrogens is 320 g/mol. The largest absolute Gasteiger partial charge is 0.496 e. The average molecular weight is 340 g/mol. The van der Waals surface area contributed by atoms with Crippen LogP contribution in [-0.2, 0) is 17.7 Å². The van der Waals surface area contributed by atoms with E-state index in [0.717, 1.165) is 16.7 Å². The normalized spacial score (nSPS) is 13.2. The molecule has 25 heavy (non-hydrogen) atoms. The van der Waals surface area contributed by atoms with Crippen molar-refractivity contribution >= 4 is 11.9 Å². The van der Waals surface area contributed by atoms with Crippen LogP contribution in [0.5, 0.6) is 5.75 Å². The van der Waals surface area contributed by atoms with Gasteiger partial charge in [0.2, 0.25) is 0 Å². The lowest BCUT2D eigenvalue weighted by Gasteiger charge is -2.30. The molecule has 0 saturated heterocycles. The van der Waals surface area contributed by atoms with Gasteiger partial charge in [-0.1, -0.05) is 11.6 Å². The Morgan fingerprint density at radius 3 is 2.68 bits per heavy atom. The first-order valence-electron chi connectivity index (χ1n) is 8.03. The van der Waals surface area contributed by atoms with Gasteiger partial charge < -0.3 is 14.4 Å². The summed E-state index contributed by atoms with van der Waals surface area (Å²) in [7, 11) is 2.91. The third-order valence-corrected chi connectivity index (χ3v) is 4.42. The number of pyridine rings is 1. The van der Waals surface area contributed by atoms with Crippen LogP contribution in [0, 0.1) is 6.92 Å². The molecule has 0 atom stereocenters. The fraction of sp³-hybridized carbons (Fsp3) is 0.316. The molecule has 1 aromatic carbocycles. The lowest BCUT2D eigenvalue weighted by Crippen LogP contribution is -2.37. The smallest absolute Gasteiger partial charge is 0.339 e. The number of aryl methyl sites for hydroxylation is 1. The van der Waals surface area contributed by atoms with Crippen molar-refractivity contribution in [2.24, 2.45) is 0 Å². The number of nitrogens with zero attached hydrogens (tertiary/aromatic N) is 2. The third kappa shape index (κ3) is 3.20. The molecule has 0 fully saturated rings. The first kappa shape index (κ1) is 17.0. The molecule has 0 aliphatic carbocycles. The zero-order valence-corrected chi connectivity index (χ0v) is 14.5. The minimum absolute atomic E-state index is 0.0883. The van der Waals surface area contributed by atoms with Crippen LogP contribution in [0.1, 0.15) is 37.4 Å². The van der Waals surface area contributed by atoms with Crippen LogP contribution >= 0.6 is 0 Å². The number of methoxy groups -OCH3 is 2. The predicted molar refractivity (Wildman–Crippen MR) is 91.8 cm³/mol. The van der Waals surface area contributed by atoms with Gasteiger partial charge >= 0.3 is 5.97 Å². The molecule has 2 aromatic rings. The van der Waals surface area contributed by atoms with Crippen LogP contribution in [0.4, 0.5) is 0 Å². The number of hydrogen-bond acceptors (Lipinski definition) is 5. The Labute approximate surface area is 146 Å². The summed E-state index contributed by atoms with van der Waals surface area (Å²) in [5.41, 5.74) is 3.79. The van der Waals surface area contributed by atoms with Crippen LogP contribution in [0.25, 0.3) is 0 Å². The van der Waals surface area contributed by atoms with Gasteiger partial charge in [-0.25, -0.2) is 4.79 Å². The molecule has 2 heterocycles. The quantitative estimate of drug-likeness (QED) is 0.803. The van der Waals surface area contributed by atoms with E-state index >= 15 is 0 Å². The second-order valence-electron chi connectivity index (χ2n) is 6.00. The van der Waals surface area contributed by atoms with Crippen molar-refractivity contribution in [2.45, 2.75) is 19.9 Å². The summed E-state index contributed by atoms with van der Waals surface area (Å²) >= 11 is 0. The molecule has 0 N–H and O–H groups in total. The molecule has 1 aliphatic heterocycles. The van der Waals surface area contributed by atoms with E-state index in [4.69, 9.17) is 9.47 Å². The molecule has 0 radical (unpaired) electrons. The summed E-state index contributed by atoms with van der Waals surface area (Å²) < 4.78 is 10.1. The van der Waals surface area contributed by atoms with Crippen LogP contribution in [0.3, 0.4) is 0 Å². The van der Waals surface area contributed by atoms with E-state index in [1.54, 1.807) is 24.3 Å². The first-order chi connectivity index (χ1) is 12.0. The summed E-state index contributed by atoms with van der Waals surface area (Å²) in [6.07, 6.45) is 3.81. The summed E-state index contributed by atoms with van der Waals surface area (Å²) in [5.74, 6) is 0.0713. The Morgan fingerprint density at radius 2 is 1.96 bits per heavy atom. The van der Waals surface area contributed by atoms with Gasteiger partial charge in [0.05, 0.1) is 25.3 Å². The van der Waals surface area contributed by atoms with E-state index in [2.05, 4.69) is 4.98 Å². The van der Waals surface area contributed by atoms with Crippen LogP contribution in [0.2, 0.25) is 0 Å². The van der Waals surface area contributed by atoms with Crippen molar-refractivity contribution in [3.63, 3.8) is 0 Å². The minimum Gasteiger partial charge on any atom is -0.496 e. The third-order valence-electron chi connectivity index (χ3n) is 4.42. The maximum Gasteiger partial charge on any atom is 0.339 e. The maximum atomic E-state index is 13.0. The highest BCUT2D eigenvalue weighted by Gasteiger charge is 2.27. The average Bonchev–Trinajstić information content (AvgIpc) is 2.65. The summed E-state index contributed by atoms with van der Waals surface area (Å²) in [4.78, 5) is 30.7. The molecule has 6 nitrogen and oxygen atoms in total. The monoisotopic (exact) mass is 340 g/mol. The van der Waals surface area contributed by atoms with Crippen LogP contribution in [0.15, 0.2) is 30.6 Å². The molecular formula is C19H20N2O4.